The highest BCUT2D eigenvalue weighted by atomic mass is 35.5. The molecule has 0 spiro atoms. The number of rotatable bonds is 1. The second-order valence-electron chi connectivity index (χ2n) is 4.26. The summed E-state index contributed by atoms with van der Waals surface area (Å²) in [7, 11) is 0. The zero-order valence-corrected chi connectivity index (χ0v) is 10.9. The van der Waals surface area contributed by atoms with Crippen LogP contribution in [0.25, 0.3) is 17.0 Å². The lowest BCUT2D eigenvalue weighted by Crippen LogP contribution is -1.91. The van der Waals surface area contributed by atoms with Crippen molar-refractivity contribution in [1.82, 2.24) is 14.6 Å². The third kappa shape index (κ3) is 1.94. The van der Waals surface area contributed by atoms with E-state index in [2.05, 4.69) is 16.3 Å². The van der Waals surface area contributed by atoms with Crippen molar-refractivity contribution in [3.63, 3.8) is 0 Å². The van der Waals surface area contributed by atoms with Crippen LogP contribution >= 0.6 is 11.6 Å². The quantitative estimate of drug-likeness (QED) is 0.681. The maximum absolute atomic E-state index is 8.87. The summed E-state index contributed by atoms with van der Waals surface area (Å²) in [6, 6.07) is 11.3. The zero-order valence-electron chi connectivity index (χ0n) is 10.1. The van der Waals surface area contributed by atoms with Gasteiger partial charge in [-0.2, -0.15) is 5.26 Å². The third-order valence-electron chi connectivity index (χ3n) is 2.90. The van der Waals surface area contributed by atoms with Crippen LogP contribution in [0.1, 0.15) is 11.1 Å². The Labute approximate surface area is 114 Å². The fraction of sp³-hybridized carbons (Fsp3) is 0.0714. The van der Waals surface area contributed by atoms with Crippen LogP contribution in [-0.4, -0.2) is 14.6 Å². The molecule has 0 N–H and O–H groups in total. The van der Waals surface area contributed by atoms with Crippen molar-refractivity contribution in [2.45, 2.75) is 6.92 Å². The molecule has 0 bridgehead atoms. The second-order valence-corrected chi connectivity index (χ2v) is 4.67. The van der Waals surface area contributed by atoms with Gasteiger partial charge in [0, 0.05) is 17.8 Å². The van der Waals surface area contributed by atoms with Gasteiger partial charge in [-0.25, -0.2) is 0 Å². The van der Waals surface area contributed by atoms with Gasteiger partial charge < -0.3 is 0 Å². The predicted octanol–water partition coefficient (Wildman–Crippen LogP) is 3.23. The van der Waals surface area contributed by atoms with Crippen molar-refractivity contribution in [2.75, 3.05) is 0 Å². The number of hydrogen-bond donors (Lipinski definition) is 0. The normalized spacial score (nSPS) is 10.6. The van der Waals surface area contributed by atoms with Crippen LogP contribution in [-0.2, 0) is 0 Å². The number of halogens is 1. The molecule has 2 heterocycles. The molecular formula is C14H9ClN4. The number of aryl methyl sites for hydroxylation is 1. The van der Waals surface area contributed by atoms with Crippen LogP contribution in [0.4, 0.5) is 0 Å². The first-order valence-corrected chi connectivity index (χ1v) is 6.08. The molecule has 4 nitrogen and oxygen atoms in total. The molecule has 3 aromatic rings. The molecule has 1 aromatic carbocycles. The number of fused-ring (bicyclic) bond motifs is 1. The van der Waals surface area contributed by atoms with Crippen LogP contribution in [0, 0.1) is 18.3 Å². The Morgan fingerprint density at radius 1 is 1.21 bits per heavy atom. The van der Waals surface area contributed by atoms with Gasteiger partial charge in [0.05, 0.1) is 16.7 Å². The summed E-state index contributed by atoms with van der Waals surface area (Å²) in [4.78, 5) is 0. The summed E-state index contributed by atoms with van der Waals surface area (Å²) < 4.78 is 1.82. The van der Waals surface area contributed by atoms with E-state index in [4.69, 9.17) is 16.9 Å². The lowest BCUT2D eigenvalue weighted by molar-refractivity contribution is 1.11. The predicted molar refractivity (Wildman–Crippen MR) is 72.9 cm³/mol. The Bertz CT molecular complexity index is 814. The number of aromatic nitrogens is 3. The number of benzene rings is 1. The summed E-state index contributed by atoms with van der Waals surface area (Å²) in [5.41, 5.74) is 3.10. The van der Waals surface area contributed by atoms with E-state index < -0.39 is 0 Å². The molecule has 92 valence electrons. The molecule has 0 aliphatic heterocycles. The van der Waals surface area contributed by atoms with E-state index in [1.165, 1.54) is 0 Å². The fourth-order valence-electron chi connectivity index (χ4n) is 1.95. The summed E-state index contributed by atoms with van der Waals surface area (Å²) in [5, 5.41) is 17.7. The third-order valence-corrected chi connectivity index (χ3v) is 3.22. The highest BCUT2D eigenvalue weighted by Gasteiger charge is 2.11. The molecule has 0 amide bonds. The SMILES string of the molecule is Cc1ccc(-c2nnc3cc(C#N)ccn23)c(Cl)c1. The monoisotopic (exact) mass is 268 g/mol. The van der Waals surface area contributed by atoms with Gasteiger partial charge in [0.1, 0.15) is 0 Å². The average molecular weight is 269 g/mol. The van der Waals surface area contributed by atoms with Crippen LogP contribution in [0.5, 0.6) is 0 Å². The van der Waals surface area contributed by atoms with Crippen LogP contribution in [0.2, 0.25) is 5.02 Å². The molecule has 0 radical (unpaired) electrons. The largest absolute Gasteiger partial charge is 0.282 e. The molecule has 0 fully saturated rings. The minimum Gasteiger partial charge on any atom is -0.282 e. The van der Waals surface area contributed by atoms with Crippen molar-refractivity contribution in [2.24, 2.45) is 0 Å². The van der Waals surface area contributed by atoms with Gasteiger partial charge in [0.25, 0.3) is 0 Å². The summed E-state index contributed by atoms with van der Waals surface area (Å²) in [6.07, 6.45) is 1.78. The first-order chi connectivity index (χ1) is 9.19. The number of hydrogen-bond acceptors (Lipinski definition) is 3. The van der Waals surface area contributed by atoms with Gasteiger partial charge >= 0.3 is 0 Å². The lowest BCUT2D eigenvalue weighted by atomic mass is 10.1. The topological polar surface area (TPSA) is 54.0 Å². The summed E-state index contributed by atoms with van der Waals surface area (Å²) >= 11 is 6.25. The minimum atomic E-state index is 0.557. The number of pyridine rings is 1. The van der Waals surface area contributed by atoms with E-state index in [9.17, 15) is 0 Å². The van der Waals surface area contributed by atoms with Gasteiger partial charge in [-0.15, -0.1) is 10.2 Å². The van der Waals surface area contributed by atoms with Crippen molar-refractivity contribution in [1.29, 1.82) is 5.26 Å². The molecule has 0 atom stereocenters. The molecule has 0 aliphatic carbocycles. The van der Waals surface area contributed by atoms with Gasteiger partial charge in [-0.1, -0.05) is 17.7 Å². The highest BCUT2D eigenvalue weighted by Crippen LogP contribution is 2.27. The van der Waals surface area contributed by atoms with Crippen molar-refractivity contribution in [3.05, 3.63) is 52.7 Å². The van der Waals surface area contributed by atoms with E-state index in [0.29, 0.717) is 22.1 Å². The standard InChI is InChI=1S/C14H9ClN4/c1-9-2-3-11(12(15)6-9)14-18-17-13-7-10(8-16)4-5-19(13)14/h2-7H,1H3. The second kappa shape index (κ2) is 4.38. The average Bonchev–Trinajstić information content (AvgIpc) is 2.81. The molecule has 0 saturated carbocycles. The first-order valence-electron chi connectivity index (χ1n) is 5.70. The summed E-state index contributed by atoms with van der Waals surface area (Å²) in [6.45, 7) is 1.98. The van der Waals surface area contributed by atoms with E-state index in [0.717, 1.165) is 11.1 Å². The van der Waals surface area contributed by atoms with Crippen LogP contribution < -0.4 is 0 Å². The van der Waals surface area contributed by atoms with Gasteiger partial charge in [0.15, 0.2) is 11.5 Å². The Morgan fingerprint density at radius 2 is 2.05 bits per heavy atom. The van der Waals surface area contributed by atoms with Gasteiger partial charge in [-0.05, 0) is 30.7 Å². The number of nitrogens with zero attached hydrogens (tertiary/aromatic N) is 4. The molecule has 19 heavy (non-hydrogen) atoms. The van der Waals surface area contributed by atoms with E-state index in [1.807, 2.05) is 29.5 Å². The molecular weight excluding hydrogens is 260 g/mol. The zero-order chi connectivity index (χ0) is 13.4. The Balaban J connectivity index is 2.23. The van der Waals surface area contributed by atoms with E-state index in [1.54, 1.807) is 18.3 Å². The molecule has 3 rings (SSSR count). The Hall–Kier alpha value is -2.38. The van der Waals surface area contributed by atoms with Gasteiger partial charge in [0.2, 0.25) is 0 Å². The molecule has 0 aliphatic rings. The van der Waals surface area contributed by atoms with Crippen molar-refractivity contribution >= 4 is 17.2 Å². The lowest BCUT2D eigenvalue weighted by Gasteiger charge is -2.03. The molecule has 0 saturated heterocycles. The maximum atomic E-state index is 8.87. The summed E-state index contributed by atoms with van der Waals surface area (Å²) in [5.74, 6) is 0.671. The minimum absolute atomic E-state index is 0.557. The van der Waals surface area contributed by atoms with E-state index in [-0.39, 0.29) is 0 Å². The Morgan fingerprint density at radius 3 is 2.79 bits per heavy atom. The molecule has 5 heteroatoms. The van der Waals surface area contributed by atoms with Crippen molar-refractivity contribution in [3.8, 4) is 17.5 Å². The first kappa shape index (κ1) is 11.7. The highest BCUT2D eigenvalue weighted by molar-refractivity contribution is 6.33. The maximum Gasteiger partial charge on any atom is 0.169 e. The number of nitriles is 1. The van der Waals surface area contributed by atoms with Crippen molar-refractivity contribution < 1.29 is 0 Å². The van der Waals surface area contributed by atoms with Gasteiger partial charge in [-0.3, -0.25) is 4.40 Å². The van der Waals surface area contributed by atoms with Crippen LogP contribution in [0.3, 0.4) is 0 Å². The fourth-order valence-corrected chi connectivity index (χ4v) is 2.27. The Kier molecular flexibility index (Phi) is 2.69. The van der Waals surface area contributed by atoms with E-state index >= 15 is 0 Å². The molecule has 2 aromatic heterocycles. The van der Waals surface area contributed by atoms with Crippen LogP contribution in [0.15, 0.2) is 36.5 Å². The smallest absolute Gasteiger partial charge is 0.169 e. The molecule has 0 unspecified atom stereocenters.